The number of rotatable bonds is 4. The van der Waals surface area contributed by atoms with Crippen molar-refractivity contribution in [1.29, 1.82) is 0 Å². The second kappa shape index (κ2) is 6.41. The molecule has 1 saturated heterocycles. The van der Waals surface area contributed by atoms with Gasteiger partial charge in [0.05, 0.1) is 5.92 Å². The molecule has 1 aliphatic heterocycles. The Morgan fingerprint density at radius 3 is 2.52 bits per heavy atom. The molecule has 4 heteroatoms. The molecule has 0 unspecified atom stereocenters. The molecule has 1 atom stereocenters. The van der Waals surface area contributed by atoms with Crippen molar-refractivity contribution in [3.8, 4) is 0 Å². The van der Waals surface area contributed by atoms with E-state index >= 15 is 0 Å². The van der Waals surface area contributed by atoms with E-state index in [2.05, 4.69) is 16.0 Å². The van der Waals surface area contributed by atoms with Crippen LogP contribution in [0.4, 0.5) is 17.1 Å². The molecule has 3 N–H and O–H groups in total. The Hall–Kier alpha value is -2.33. The Morgan fingerprint density at radius 2 is 1.76 bits per heavy atom. The molecule has 3 rings (SSSR count). The fraction of sp³-hybridized carbons (Fsp3) is 0.235. The topological polar surface area (TPSA) is 53.2 Å². The smallest absolute Gasteiger partial charge is 0.228 e. The summed E-state index contributed by atoms with van der Waals surface area (Å²) in [5.74, 6) is 0.174. The highest BCUT2D eigenvalue weighted by molar-refractivity contribution is 5.93. The fourth-order valence-corrected chi connectivity index (χ4v) is 2.49. The van der Waals surface area contributed by atoms with E-state index in [9.17, 15) is 4.79 Å². The number of amides is 1. The third-order valence-electron chi connectivity index (χ3n) is 3.62. The Bertz CT molecular complexity index is 606. The molecule has 0 aliphatic carbocycles. The first kappa shape index (κ1) is 13.6. The highest BCUT2D eigenvalue weighted by Gasteiger charge is 2.22. The summed E-state index contributed by atoms with van der Waals surface area (Å²) in [6.07, 6.45) is 0.911. The van der Waals surface area contributed by atoms with Crippen molar-refractivity contribution in [2.24, 2.45) is 5.92 Å². The monoisotopic (exact) mass is 281 g/mol. The van der Waals surface area contributed by atoms with E-state index < -0.39 is 0 Å². The summed E-state index contributed by atoms with van der Waals surface area (Å²) < 4.78 is 0. The zero-order valence-corrected chi connectivity index (χ0v) is 11.8. The number of benzene rings is 2. The summed E-state index contributed by atoms with van der Waals surface area (Å²) in [4.78, 5) is 12.1. The Labute approximate surface area is 124 Å². The fourth-order valence-electron chi connectivity index (χ4n) is 2.49. The van der Waals surface area contributed by atoms with E-state index in [1.807, 2.05) is 54.6 Å². The SMILES string of the molecule is O=C(Nc1cccc(Nc2ccccc2)c1)[C@@H]1CCNC1. The molecule has 0 bridgehead atoms. The van der Waals surface area contributed by atoms with Crippen LogP contribution >= 0.6 is 0 Å². The van der Waals surface area contributed by atoms with E-state index in [1.54, 1.807) is 0 Å². The Kier molecular flexibility index (Phi) is 4.17. The van der Waals surface area contributed by atoms with Crippen molar-refractivity contribution in [2.75, 3.05) is 23.7 Å². The van der Waals surface area contributed by atoms with Crippen LogP contribution in [0.1, 0.15) is 6.42 Å². The average Bonchev–Trinajstić information content (AvgIpc) is 3.03. The summed E-state index contributed by atoms with van der Waals surface area (Å²) in [7, 11) is 0. The van der Waals surface area contributed by atoms with E-state index in [0.29, 0.717) is 0 Å². The van der Waals surface area contributed by atoms with Crippen LogP contribution < -0.4 is 16.0 Å². The van der Waals surface area contributed by atoms with Gasteiger partial charge in [0.1, 0.15) is 0 Å². The molecule has 0 radical (unpaired) electrons. The van der Waals surface area contributed by atoms with Crippen LogP contribution in [0.15, 0.2) is 54.6 Å². The van der Waals surface area contributed by atoms with Crippen molar-refractivity contribution in [3.05, 3.63) is 54.6 Å². The number of nitrogens with one attached hydrogen (secondary N) is 3. The van der Waals surface area contributed by atoms with Gasteiger partial charge in [-0.2, -0.15) is 0 Å². The van der Waals surface area contributed by atoms with E-state index in [1.165, 1.54) is 0 Å². The zero-order chi connectivity index (χ0) is 14.5. The molecule has 2 aromatic carbocycles. The molecule has 1 aliphatic rings. The molecule has 0 aromatic heterocycles. The number of hydrogen-bond acceptors (Lipinski definition) is 3. The quantitative estimate of drug-likeness (QED) is 0.807. The van der Waals surface area contributed by atoms with Gasteiger partial charge in [-0.05, 0) is 43.3 Å². The highest BCUT2D eigenvalue weighted by atomic mass is 16.1. The summed E-state index contributed by atoms with van der Waals surface area (Å²) in [5, 5.41) is 9.52. The Balaban J connectivity index is 1.66. The summed E-state index contributed by atoms with van der Waals surface area (Å²) in [6, 6.07) is 17.8. The van der Waals surface area contributed by atoms with Crippen LogP contribution in [0.5, 0.6) is 0 Å². The molecule has 1 fully saturated rings. The van der Waals surface area contributed by atoms with Gasteiger partial charge in [-0.25, -0.2) is 0 Å². The molecule has 0 saturated carbocycles. The van der Waals surface area contributed by atoms with E-state index in [4.69, 9.17) is 0 Å². The number of hydrogen-bond donors (Lipinski definition) is 3. The zero-order valence-electron chi connectivity index (χ0n) is 11.8. The lowest BCUT2D eigenvalue weighted by Gasteiger charge is -2.12. The van der Waals surface area contributed by atoms with Crippen molar-refractivity contribution >= 4 is 23.0 Å². The van der Waals surface area contributed by atoms with Crippen molar-refractivity contribution in [2.45, 2.75) is 6.42 Å². The second-order valence-electron chi connectivity index (χ2n) is 5.25. The predicted octanol–water partition coefficient (Wildman–Crippen LogP) is 2.98. The number of anilines is 3. The molecular weight excluding hydrogens is 262 g/mol. The Morgan fingerprint density at radius 1 is 1.00 bits per heavy atom. The molecule has 21 heavy (non-hydrogen) atoms. The van der Waals surface area contributed by atoms with E-state index in [0.717, 1.165) is 36.6 Å². The maximum atomic E-state index is 12.1. The molecule has 2 aromatic rings. The van der Waals surface area contributed by atoms with Gasteiger partial charge in [0.15, 0.2) is 0 Å². The van der Waals surface area contributed by atoms with Gasteiger partial charge in [-0.15, -0.1) is 0 Å². The first-order chi connectivity index (χ1) is 10.3. The average molecular weight is 281 g/mol. The highest BCUT2D eigenvalue weighted by Crippen LogP contribution is 2.21. The standard InChI is InChI=1S/C17H19N3O/c21-17(13-9-10-18-12-13)20-16-8-4-7-15(11-16)19-14-5-2-1-3-6-14/h1-8,11,13,18-19H,9-10,12H2,(H,20,21)/t13-/m1/s1. The molecule has 1 amide bonds. The largest absolute Gasteiger partial charge is 0.355 e. The second-order valence-corrected chi connectivity index (χ2v) is 5.25. The van der Waals surface area contributed by atoms with Gasteiger partial charge >= 0.3 is 0 Å². The lowest BCUT2D eigenvalue weighted by molar-refractivity contribution is -0.119. The van der Waals surface area contributed by atoms with Crippen molar-refractivity contribution in [3.63, 3.8) is 0 Å². The molecule has 4 nitrogen and oxygen atoms in total. The normalized spacial score (nSPS) is 17.4. The molecular formula is C17H19N3O. The maximum absolute atomic E-state index is 12.1. The van der Waals surface area contributed by atoms with Gasteiger partial charge in [-0.3, -0.25) is 4.79 Å². The van der Waals surface area contributed by atoms with Crippen LogP contribution in [-0.4, -0.2) is 19.0 Å². The molecule has 0 spiro atoms. The van der Waals surface area contributed by atoms with Crippen LogP contribution in [0, 0.1) is 5.92 Å². The van der Waals surface area contributed by atoms with Gasteiger partial charge in [-0.1, -0.05) is 24.3 Å². The van der Waals surface area contributed by atoms with Gasteiger partial charge in [0, 0.05) is 23.6 Å². The van der Waals surface area contributed by atoms with Crippen molar-refractivity contribution < 1.29 is 4.79 Å². The summed E-state index contributed by atoms with van der Waals surface area (Å²) >= 11 is 0. The lowest BCUT2D eigenvalue weighted by Crippen LogP contribution is -2.24. The number of carbonyl (C=O) groups excluding carboxylic acids is 1. The summed E-state index contributed by atoms with van der Waals surface area (Å²) in [5.41, 5.74) is 2.82. The van der Waals surface area contributed by atoms with Gasteiger partial charge in [0.25, 0.3) is 0 Å². The van der Waals surface area contributed by atoms with Crippen LogP contribution in [-0.2, 0) is 4.79 Å². The minimum absolute atomic E-state index is 0.0794. The number of para-hydroxylation sites is 1. The first-order valence-electron chi connectivity index (χ1n) is 7.25. The summed E-state index contributed by atoms with van der Waals surface area (Å²) in [6.45, 7) is 1.70. The minimum atomic E-state index is 0.0794. The maximum Gasteiger partial charge on any atom is 0.228 e. The van der Waals surface area contributed by atoms with Gasteiger partial charge in [0.2, 0.25) is 5.91 Å². The third-order valence-corrected chi connectivity index (χ3v) is 3.62. The van der Waals surface area contributed by atoms with Crippen LogP contribution in [0.3, 0.4) is 0 Å². The predicted molar refractivity (Wildman–Crippen MR) is 85.8 cm³/mol. The van der Waals surface area contributed by atoms with Crippen molar-refractivity contribution in [1.82, 2.24) is 5.32 Å². The van der Waals surface area contributed by atoms with Crippen LogP contribution in [0.2, 0.25) is 0 Å². The lowest BCUT2D eigenvalue weighted by atomic mass is 10.1. The van der Waals surface area contributed by atoms with Crippen LogP contribution in [0.25, 0.3) is 0 Å². The number of carbonyl (C=O) groups is 1. The van der Waals surface area contributed by atoms with E-state index in [-0.39, 0.29) is 11.8 Å². The first-order valence-corrected chi connectivity index (χ1v) is 7.25. The molecule has 108 valence electrons. The van der Waals surface area contributed by atoms with Gasteiger partial charge < -0.3 is 16.0 Å². The third kappa shape index (κ3) is 3.61. The minimum Gasteiger partial charge on any atom is -0.355 e. The molecule has 1 heterocycles.